The van der Waals surface area contributed by atoms with Crippen LogP contribution in [0.4, 0.5) is 28.8 Å². The maximum absolute atomic E-state index is 9.53. The molecule has 31 heteroatoms. The minimum absolute atomic E-state index is 0. The monoisotopic (exact) mass is 830 g/mol. The van der Waals surface area contributed by atoms with Gasteiger partial charge in [0.15, 0.2) is 36.6 Å². The predicted octanol–water partition coefficient (Wildman–Crippen LogP) is -1.19. The Morgan fingerprint density at radius 3 is 0.378 bits per heavy atom. The average molecular weight is 829 g/mol. The van der Waals surface area contributed by atoms with Crippen LogP contribution in [-0.2, 0) is 21.1 Å². The molecule has 6 aromatic rings. The third-order valence-corrected chi connectivity index (χ3v) is 10.7. The summed E-state index contributed by atoms with van der Waals surface area (Å²) in [6.45, 7) is 0. The maximum Gasteiger partial charge on any atom is 6.00 e. The van der Waals surface area contributed by atoms with E-state index < -0.39 is 36.6 Å². The van der Waals surface area contributed by atoms with Gasteiger partial charge in [0.05, 0.1) is 0 Å². The quantitative estimate of drug-likeness (QED) is 0.129. The fourth-order valence-electron chi connectivity index (χ4n) is 0.465. The molecule has 0 saturated carbocycles. The predicted molar refractivity (Wildman–Crippen MR) is 126 cm³/mol. The van der Waals surface area contributed by atoms with Crippen LogP contribution in [-0.4, -0.2) is 56.6 Å². The number of carbonyl (C=O) groups excluding carboxylic acids is 6. The van der Waals surface area contributed by atoms with Gasteiger partial charge >= 0.3 is 21.1 Å². The van der Waals surface area contributed by atoms with Crippen molar-refractivity contribution in [3.8, 4) is 0 Å². The molecule has 18 nitrogen and oxygen atoms in total. The van der Waals surface area contributed by atoms with E-state index in [-0.39, 0.29) is 21.1 Å². The molecule has 0 aliphatic heterocycles. The minimum Gasteiger partial charge on any atom is -0.528 e. The van der Waals surface area contributed by atoms with Crippen molar-refractivity contribution in [2.45, 2.75) is 0 Å². The third kappa shape index (κ3) is 22.6. The number of nitrogens with zero attached hydrogens (tertiary/aromatic N) is 6. The van der Waals surface area contributed by atoms with Crippen molar-refractivity contribution in [1.82, 2.24) is 20.1 Å². The zero-order valence-corrected chi connectivity index (χ0v) is 27.7. The molecule has 0 saturated heterocycles. The van der Waals surface area contributed by atoms with Crippen LogP contribution in [0.15, 0.2) is 0 Å². The van der Waals surface area contributed by atoms with E-state index in [2.05, 4.69) is 0 Å². The maximum atomic E-state index is 9.53. The van der Waals surface area contributed by atoms with Crippen LogP contribution < -0.4 is 30.6 Å². The summed E-state index contributed by atoms with van der Waals surface area (Å²) in [5.74, 6) is 0. The molecule has 0 aliphatic carbocycles. The summed E-state index contributed by atoms with van der Waals surface area (Å²) in [5, 5.41) is 57.2. The van der Waals surface area contributed by atoms with E-state index in [1.807, 2.05) is 0 Å². The van der Waals surface area contributed by atoms with Gasteiger partial charge in [0.1, 0.15) is 0 Å². The zero-order chi connectivity index (χ0) is 27.4. The van der Waals surface area contributed by atoms with Crippen molar-refractivity contribution in [3.05, 3.63) is 0 Å². The first-order valence-electron chi connectivity index (χ1n) is 6.98. The van der Waals surface area contributed by atoms with Gasteiger partial charge in [0.2, 0.25) is 0 Å². The van der Waals surface area contributed by atoms with Gasteiger partial charge in [-0.1, -0.05) is 0 Å². The van der Waals surface area contributed by atoms with Crippen molar-refractivity contribution >= 4 is 163 Å². The van der Waals surface area contributed by atoms with Crippen molar-refractivity contribution in [3.63, 3.8) is 0 Å². The number of rotatable bonds is 0. The van der Waals surface area contributed by atoms with Crippen molar-refractivity contribution in [2.24, 2.45) is 0 Å². The fourth-order valence-corrected chi connectivity index (χ4v) is 4.19. The molecule has 0 aliphatic rings. The third-order valence-electron chi connectivity index (χ3n) is 1.79. The van der Waals surface area contributed by atoms with Gasteiger partial charge in [-0.05, 0) is 0 Å². The Morgan fingerprint density at radius 1 is 0.297 bits per heavy atom. The molecule has 6 rings (SSSR count). The summed E-state index contributed by atoms with van der Waals surface area (Å²) in [6.07, 6.45) is -6.72. The number of aromatic nitrogens is 6. The topological polar surface area (TPSA) is 270 Å². The van der Waals surface area contributed by atoms with Gasteiger partial charge in [0.25, 0.3) is 0 Å². The van der Waals surface area contributed by atoms with Crippen molar-refractivity contribution < 1.29 is 80.5 Å². The molecule has 0 unspecified atom stereocenters. The first-order valence-corrected chi connectivity index (χ1v) is 19.4. The second-order valence-electron chi connectivity index (χ2n) is 4.03. The summed E-state index contributed by atoms with van der Waals surface area (Å²) in [6, 6.07) is 0. The molecular weight excluding hydrogens is 829 g/mol. The number of hydrogen-bond donors (Lipinski definition) is 0. The van der Waals surface area contributed by atoms with Gasteiger partial charge < -0.3 is 59.4 Å². The van der Waals surface area contributed by atoms with E-state index in [9.17, 15) is 59.4 Å². The zero-order valence-electron chi connectivity index (χ0n) is 15.9. The van der Waals surface area contributed by atoms with Gasteiger partial charge in [-0.15, -0.1) is 0 Å². The van der Waals surface area contributed by atoms with E-state index in [1.54, 1.807) is 0 Å². The largest absolute Gasteiger partial charge is 6.00 e. The molecule has 37 heavy (non-hydrogen) atoms. The van der Waals surface area contributed by atoms with E-state index >= 15 is 0 Å². The van der Waals surface area contributed by atoms with Crippen LogP contribution in [0.1, 0.15) is 0 Å². The number of hydrogen-bond acceptors (Lipinski definition) is 24. The Kier molecular flexibility index (Phi) is 17.8. The van der Waals surface area contributed by atoms with E-state index in [0.717, 1.165) is 147 Å². The molecule has 6 heterocycles. The number of carbonyl (C=O) groups is 6. The normalized spacial score (nSPS) is 9.08. The Morgan fingerprint density at radius 2 is 0.378 bits per heavy atom. The van der Waals surface area contributed by atoms with E-state index in [4.69, 9.17) is 0 Å². The molecule has 0 radical (unpaired) electrons. The van der Waals surface area contributed by atoms with Gasteiger partial charge in [-0.25, -0.2) is 0 Å². The molecule has 0 fully saturated rings. The SMILES string of the molecule is O=C([O-])n1ss1.O=C([O-])n1ss1.O=C([O-])n1ss1.O=C([O-])n1ss1.O=C([O-])n1ss1.O=C([O-])n1ss1.[Mo+6]. The Labute approximate surface area is 260 Å². The Balaban J connectivity index is 0.000000418. The van der Waals surface area contributed by atoms with Crippen molar-refractivity contribution in [1.29, 1.82) is 0 Å². The molecular formula is C6MoN6O12S12. The molecule has 0 aromatic carbocycles. The minimum atomic E-state index is -1.12. The van der Waals surface area contributed by atoms with Crippen molar-refractivity contribution in [2.75, 3.05) is 0 Å². The molecule has 0 atom stereocenters. The smallest absolute Gasteiger partial charge is 0.528 e. The summed E-state index contributed by atoms with van der Waals surface area (Å²) in [4.78, 5) is 57.2. The van der Waals surface area contributed by atoms with E-state index in [0.29, 0.717) is 0 Å². The second-order valence-corrected chi connectivity index (χ2v) is 17.0. The number of carboxylic acid groups (broad SMARTS) is 6. The standard InChI is InChI=1S/6CHNO2S2.Mo/c6*3-1(4)2-5-6-2;/h6*(H,3,4);/q;;;;;;+6/p-6. The molecule has 6 aromatic heterocycles. The Hall–Kier alpha value is -1.05. The summed E-state index contributed by atoms with van der Waals surface area (Å²) >= 11 is 0. The molecule has 0 amide bonds. The van der Waals surface area contributed by atoms with Gasteiger partial charge in [0, 0.05) is 126 Å². The summed E-state index contributed by atoms with van der Waals surface area (Å²) in [5.41, 5.74) is 0. The fraction of sp³-hybridized carbons (Fsp3) is 0. The molecule has 0 N–H and O–H groups in total. The van der Waals surface area contributed by atoms with E-state index in [1.165, 1.54) is 0 Å². The molecule has 204 valence electrons. The molecule has 0 spiro atoms. The Bertz CT molecular complexity index is 1040. The summed E-state index contributed by atoms with van der Waals surface area (Å²) < 4.78 is 6.33. The van der Waals surface area contributed by atoms with Crippen LogP contribution in [0, 0.1) is 0 Å². The van der Waals surface area contributed by atoms with Crippen LogP contribution in [0.3, 0.4) is 0 Å². The van der Waals surface area contributed by atoms with Gasteiger partial charge in [-0.2, -0.15) is 20.1 Å². The van der Waals surface area contributed by atoms with Crippen LogP contribution in [0.2, 0.25) is 0 Å². The second kappa shape index (κ2) is 18.3. The first-order chi connectivity index (χ1) is 16.8. The van der Waals surface area contributed by atoms with Crippen LogP contribution in [0.5, 0.6) is 0 Å². The summed E-state index contributed by atoms with van der Waals surface area (Å²) in [7, 11) is 14.0. The average Bonchev–Trinajstić information content (AvgIpc) is 3.68. The van der Waals surface area contributed by atoms with Gasteiger partial charge in [-0.3, -0.25) is 0 Å². The first kappa shape index (κ1) is 35.9. The van der Waals surface area contributed by atoms with Crippen LogP contribution >= 0.6 is 126 Å². The van der Waals surface area contributed by atoms with Crippen LogP contribution in [0.25, 0.3) is 0 Å². The molecule has 0 bridgehead atoms.